The summed E-state index contributed by atoms with van der Waals surface area (Å²) in [4.78, 5) is 16.2. The number of nitrogens with two attached hydrogens (primary N) is 1. The SMILES string of the molecule is Nc1nc(Nc2ccncc2)nc(-c2cccc(F)c2)n1. The van der Waals surface area contributed by atoms with Crippen molar-refractivity contribution in [2.24, 2.45) is 0 Å². The summed E-state index contributed by atoms with van der Waals surface area (Å²) in [6.45, 7) is 0. The van der Waals surface area contributed by atoms with Gasteiger partial charge in [-0.3, -0.25) is 4.98 Å². The highest BCUT2D eigenvalue weighted by Crippen LogP contribution is 2.19. The molecular weight excluding hydrogens is 271 g/mol. The number of halogens is 1. The lowest BCUT2D eigenvalue weighted by Crippen LogP contribution is -2.05. The number of anilines is 3. The van der Waals surface area contributed by atoms with E-state index in [1.807, 2.05) is 0 Å². The van der Waals surface area contributed by atoms with Crippen LogP contribution in [0.4, 0.5) is 22.0 Å². The monoisotopic (exact) mass is 282 g/mol. The van der Waals surface area contributed by atoms with Crippen LogP contribution in [0.2, 0.25) is 0 Å². The van der Waals surface area contributed by atoms with E-state index in [-0.39, 0.29) is 17.7 Å². The Morgan fingerprint density at radius 1 is 1.00 bits per heavy atom. The zero-order valence-corrected chi connectivity index (χ0v) is 10.9. The standard InChI is InChI=1S/C14H11FN6/c15-10-3-1-2-9(8-10)12-19-13(16)21-14(20-12)18-11-4-6-17-7-5-11/h1-8H,(H3,16,17,18,19,20,21). The van der Waals surface area contributed by atoms with Gasteiger partial charge in [0.2, 0.25) is 11.9 Å². The quantitative estimate of drug-likeness (QED) is 0.766. The second-order valence-corrected chi connectivity index (χ2v) is 4.21. The van der Waals surface area contributed by atoms with Crippen LogP contribution in [0.15, 0.2) is 48.8 Å². The summed E-state index contributed by atoms with van der Waals surface area (Å²) in [5.74, 6) is 0.280. The third-order valence-corrected chi connectivity index (χ3v) is 2.67. The van der Waals surface area contributed by atoms with Gasteiger partial charge in [-0.25, -0.2) is 4.39 Å². The summed E-state index contributed by atoms with van der Waals surface area (Å²) in [6, 6.07) is 9.51. The Labute approximate surface area is 119 Å². The summed E-state index contributed by atoms with van der Waals surface area (Å²) >= 11 is 0. The van der Waals surface area contributed by atoms with Crippen molar-refractivity contribution in [2.75, 3.05) is 11.1 Å². The third kappa shape index (κ3) is 3.08. The summed E-state index contributed by atoms with van der Waals surface area (Å²) in [7, 11) is 0. The van der Waals surface area contributed by atoms with Gasteiger partial charge >= 0.3 is 0 Å². The number of rotatable bonds is 3. The number of nitrogens with zero attached hydrogens (tertiary/aromatic N) is 4. The average Bonchev–Trinajstić information content (AvgIpc) is 2.48. The Morgan fingerprint density at radius 2 is 1.81 bits per heavy atom. The van der Waals surface area contributed by atoms with Gasteiger partial charge in [-0.1, -0.05) is 12.1 Å². The average molecular weight is 282 g/mol. The van der Waals surface area contributed by atoms with Gasteiger partial charge in [0.15, 0.2) is 5.82 Å². The molecule has 2 aromatic heterocycles. The minimum Gasteiger partial charge on any atom is -0.368 e. The molecule has 0 spiro atoms. The zero-order valence-electron chi connectivity index (χ0n) is 10.9. The Hall–Kier alpha value is -3.09. The molecule has 3 rings (SSSR count). The molecule has 21 heavy (non-hydrogen) atoms. The number of nitrogens with one attached hydrogen (secondary N) is 1. The molecule has 3 aromatic rings. The minimum atomic E-state index is -0.366. The van der Waals surface area contributed by atoms with Crippen LogP contribution in [-0.2, 0) is 0 Å². The molecule has 0 radical (unpaired) electrons. The van der Waals surface area contributed by atoms with Gasteiger partial charge in [0.25, 0.3) is 0 Å². The number of pyridine rings is 1. The molecule has 0 amide bonds. The largest absolute Gasteiger partial charge is 0.368 e. The molecule has 0 aliphatic rings. The second kappa shape index (κ2) is 5.49. The van der Waals surface area contributed by atoms with Gasteiger partial charge in [-0.15, -0.1) is 0 Å². The molecule has 2 heterocycles. The Balaban J connectivity index is 1.97. The van der Waals surface area contributed by atoms with Crippen LogP contribution >= 0.6 is 0 Å². The van der Waals surface area contributed by atoms with Crippen LogP contribution in [0.3, 0.4) is 0 Å². The van der Waals surface area contributed by atoms with Crippen molar-refractivity contribution < 1.29 is 4.39 Å². The molecule has 104 valence electrons. The van der Waals surface area contributed by atoms with Crippen molar-refractivity contribution in [3.05, 3.63) is 54.6 Å². The first kappa shape index (κ1) is 12.9. The molecule has 0 saturated heterocycles. The first-order valence-corrected chi connectivity index (χ1v) is 6.15. The highest BCUT2D eigenvalue weighted by atomic mass is 19.1. The van der Waals surface area contributed by atoms with Crippen LogP contribution in [0.25, 0.3) is 11.4 Å². The number of benzene rings is 1. The van der Waals surface area contributed by atoms with E-state index in [9.17, 15) is 4.39 Å². The molecule has 0 fully saturated rings. The van der Waals surface area contributed by atoms with Crippen LogP contribution < -0.4 is 11.1 Å². The van der Waals surface area contributed by atoms with Gasteiger partial charge in [-0.05, 0) is 24.3 Å². The van der Waals surface area contributed by atoms with Gasteiger partial charge < -0.3 is 11.1 Å². The van der Waals surface area contributed by atoms with Crippen molar-refractivity contribution in [3.8, 4) is 11.4 Å². The third-order valence-electron chi connectivity index (χ3n) is 2.67. The Bertz CT molecular complexity index is 762. The number of hydrogen-bond donors (Lipinski definition) is 2. The molecule has 7 heteroatoms. The predicted octanol–water partition coefficient (Wildman–Crippen LogP) is 2.40. The fourth-order valence-corrected chi connectivity index (χ4v) is 1.77. The molecule has 0 aliphatic heterocycles. The lowest BCUT2D eigenvalue weighted by Gasteiger charge is -2.07. The van der Waals surface area contributed by atoms with Crippen LogP contribution in [0.1, 0.15) is 0 Å². The van der Waals surface area contributed by atoms with Crippen LogP contribution in [0, 0.1) is 5.82 Å². The molecule has 0 bridgehead atoms. The number of hydrogen-bond acceptors (Lipinski definition) is 6. The second-order valence-electron chi connectivity index (χ2n) is 4.21. The molecular formula is C14H11FN6. The normalized spacial score (nSPS) is 10.3. The fraction of sp³-hybridized carbons (Fsp3) is 0. The zero-order chi connectivity index (χ0) is 14.7. The summed E-state index contributed by atoms with van der Waals surface area (Å²) < 4.78 is 13.3. The first-order chi connectivity index (χ1) is 10.2. The maximum absolute atomic E-state index is 13.3. The number of aromatic nitrogens is 4. The highest BCUT2D eigenvalue weighted by Gasteiger charge is 2.08. The summed E-state index contributed by atoms with van der Waals surface area (Å²) in [5, 5.41) is 2.99. The van der Waals surface area contributed by atoms with E-state index in [4.69, 9.17) is 5.73 Å². The smallest absolute Gasteiger partial charge is 0.232 e. The van der Waals surface area contributed by atoms with Crippen molar-refractivity contribution in [3.63, 3.8) is 0 Å². The highest BCUT2D eigenvalue weighted by molar-refractivity contribution is 5.60. The first-order valence-electron chi connectivity index (χ1n) is 6.15. The van der Waals surface area contributed by atoms with Gasteiger partial charge in [0.1, 0.15) is 5.82 Å². The van der Waals surface area contributed by atoms with E-state index in [1.165, 1.54) is 12.1 Å². The van der Waals surface area contributed by atoms with Gasteiger partial charge in [0.05, 0.1) is 0 Å². The molecule has 0 atom stereocenters. The van der Waals surface area contributed by atoms with Crippen molar-refractivity contribution in [2.45, 2.75) is 0 Å². The predicted molar refractivity (Wildman–Crippen MR) is 77.2 cm³/mol. The van der Waals surface area contributed by atoms with Crippen LogP contribution in [0.5, 0.6) is 0 Å². The lowest BCUT2D eigenvalue weighted by molar-refractivity contribution is 0.628. The summed E-state index contributed by atoms with van der Waals surface area (Å²) in [6.07, 6.45) is 3.28. The summed E-state index contributed by atoms with van der Waals surface area (Å²) in [5.41, 5.74) is 6.97. The fourth-order valence-electron chi connectivity index (χ4n) is 1.77. The number of nitrogen functional groups attached to an aromatic ring is 1. The van der Waals surface area contributed by atoms with Crippen molar-refractivity contribution in [1.82, 2.24) is 19.9 Å². The van der Waals surface area contributed by atoms with Gasteiger partial charge in [-0.2, -0.15) is 15.0 Å². The van der Waals surface area contributed by atoms with E-state index in [0.29, 0.717) is 11.4 Å². The molecule has 0 saturated carbocycles. The van der Waals surface area contributed by atoms with E-state index < -0.39 is 0 Å². The Kier molecular flexibility index (Phi) is 3.38. The molecule has 0 aliphatic carbocycles. The van der Waals surface area contributed by atoms with E-state index >= 15 is 0 Å². The topological polar surface area (TPSA) is 89.6 Å². The Morgan fingerprint density at radius 3 is 2.57 bits per heavy atom. The maximum atomic E-state index is 13.3. The maximum Gasteiger partial charge on any atom is 0.232 e. The lowest BCUT2D eigenvalue weighted by atomic mass is 10.2. The molecule has 3 N–H and O–H groups in total. The van der Waals surface area contributed by atoms with Crippen LogP contribution in [-0.4, -0.2) is 19.9 Å². The van der Waals surface area contributed by atoms with Crippen molar-refractivity contribution >= 4 is 17.6 Å². The van der Waals surface area contributed by atoms with E-state index in [0.717, 1.165) is 5.69 Å². The van der Waals surface area contributed by atoms with E-state index in [2.05, 4.69) is 25.3 Å². The molecule has 0 unspecified atom stereocenters. The molecule has 6 nitrogen and oxygen atoms in total. The van der Waals surface area contributed by atoms with E-state index in [1.54, 1.807) is 36.7 Å². The minimum absolute atomic E-state index is 0.0563. The molecule has 1 aromatic carbocycles. The van der Waals surface area contributed by atoms with Crippen molar-refractivity contribution in [1.29, 1.82) is 0 Å². The van der Waals surface area contributed by atoms with Gasteiger partial charge in [0, 0.05) is 23.6 Å².